The fraction of sp³-hybridized carbons (Fsp3) is 0.400. The van der Waals surface area contributed by atoms with E-state index in [1.165, 1.54) is 16.3 Å². The second-order valence-electron chi connectivity index (χ2n) is 2.59. The van der Waals surface area contributed by atoms with Crippen molar-refractivity contribution in [2.75, 3.05) is 13.2 Å². The van der Waals surface area contributed by atoms with Crippen LogP contribution in [0.5, 0.6) is 0 Å². The molecule has 0 fully saturated rings. The van der Waals surface area contributed by atoms with Crippen LogP contribution in [-0.4, -0.2) is 13.2 Å². The van der Waals surface area contributed by atoms with Crippen molar-refractivity contribution >= 4 is 26.5 Å². The van der Waals surface area contributed by atoms with E-state index in [0.717, 1.165) is 0 Å². The Morgan fingerprint density at radius 3 is 2.06 bits per heavy atom. The summed E-state index contributed by atoms with van der Waals surface area (Å²) >= 11 is 4.25. The van der Waals surface area contributed by atoms with Crippen molar-refractivity contribution in [1.29, 1.82) is 0 Å². The maximum absolute atomic E-state index is 12.2. The zero-order valence-corrected chi connectivity index (χ0v) is 14.9. The molecule has 6 heteroatoms. The Labute approximate surface area is 113 Å². The maximum atomic E-state index is 12.2. The summed E-state index contributed by atoms with van der Waals surface area (Å²) in [4.78, 5) is 0. The van der Waals surface area contributed by atoms with Crippen LogP contribution in [0.25, 0.3) is 0 Å². The minimum absolute atomic E-state index is 0.371. The monoisotopic (exact) mass is 356 g/mol. The van der Waals surface area contributed by atoms with Gasteiger partial charge in [-0.1, -0.05) is 0 Å². The number of benzene rings is 1. The fourth-order valence-corrected chi connectivity index (χ4v) is 2.65. The van der Waals surface area contributed by atoms with Gasteiger partial charge in [0.1, 0.15) is 0 Å². The Hall–Kier alpha value is 0.473. The number of hydrogen-bond acceptors (Lipinski definition) is 3. The summed E-state index contributed by atoms with van der Waals surface area (Å²) < 4.78 is 22.5. The zero-order chi connectivity index (χ0) is 12.4. The fourth-order valence-electron chi connectivity index (χ4n) is 1.09. The molecule has 0 N–H and O–H groups in total. The molecule has 0 unspecified atom stereocenters. The zero-order valence-electron chi connectivity index (χ0n) is 9.48. The summed E-state index contributed by atoms with van der Waals surface area (Å²) in [6, 6.07) is 9.65. The molecule has 0 saturated heterocycles. The predicted molar refractivity (Wildman–Crippen MR) is 64.7 cm³/mol. The van der Waals surface area contributed by atoms with Crippen LogP contribution in [0.15, 0.2) is 24.3 Å². The second-order valence-corrected chi connectivity index (χ2v) is 4.62. The third-order valence-electron chi connectivity index (χ3n) is 1.61. The van der Waals surface area contributed by atoms with E-state index >= 15 is 0 Å². The van der Waals surface area contributed by atoms with Crippen LogP contribution >= 0.6 is 21.2 Å². The van der Waals surface area contributed by atoms with Crippen molar-refractivity contribution in [1.82, 2.24) is 0 Å². The molecule has 0 radical (unpaired) electrons. The number of rotatable bonds is 5. The van der Waals surface area contributed by atoms with Crippen LogP contribution in [0.4, 0.5) is 0 Å². The molecule has 0 aromatic heterocycles. The summed E-state index contributed by atoms with van der Waals surface area (Å²) in [6.07, 6.45) is 0. The molecule has 0 atom stereocenters. The number of hydrogen-bond donors (Lipinski definition) is 0. The molecule has 1 aromatic rings. The SMILES string of the molecule is CCOP(=O)(OCC)c1cc[c-]cc1.[Zn+][Br]. The Balaban J connectivity index is 0.00000106. The standard InChI is InChI=1S/C10H14O3P.BrH.Zn/c1-3-12-14(11,13-4-2)10-8-6-5-7-9-10;;/h6-9H,3-4H2,1-2H3;1H;/q-1;;+2/p-1. The molecule has 3 nitrogen and oxygen atoms in total. The predicted octanol–water partition coefficient (Wildman–Crippen LogP) is 3.22. The molecule has 0 spiro atoms. The Bertz CT molecular complexity index is 311. The summed E-state index contributed by atoms with van der Waals surface area (Å²) in [5, 5.41) is 0.583. The van der Waals surface area contributed by atoms with Crippen LogP contribution in [0.1, 0.15) is 13.8 Å². The van der Waals surface area contributed by atoms with E-state index in [1.54, 1.807) is 38.1 Å². The van der Waals surface area contributed by atoms with Crippen LogP contribution in [-0.2, 0) is 30.0 Å². The van der Waals surface area contributed by atoms with Crippen molar-refractivity contribution in [3.05, 3.63) is 30.3 Å². The van der Waals surface area contributed by atoms with Gasteiger partial charge in [0.2, 0.25) is 0 Å². The van der Waals surface area contributed by atoms with Crippen molar-refractivity contribution in [3.8, 4) is 0 Å². The molecule has 0 saturated carbocycles. The first kappa shape index (κ1) is 16.5. The topological polar surface area (TPSA) is 35.5 Å². The molecule has 0 bridgehead atoms. The van der Waals surface area contributed by atoms with Gasteiger partial charge >= 0.3 is 37.6 Å². The van der Waals surface area contributed by atoms with Gasteiger partial charge in [0.15, 0.2) is 0 Å². The van der Waals surface area contributed by atoms with Gasteiger partial charge in [-0.2, -0.15) is 30.3 Å². The first-order valence-corrected chi connectivity index (χ1v) is 13.3. The summed E-state index contributed by atoms with van der Waals surface area (Å²) in [7, 11) is -3.09. The van der Waals surface area contributed by atoms with Crippen molar-refractivity contribution in [2.45, 2.75) is 13.8 Å². The van der Waals surface area contributed by atoms with E-state index in [4.69, 9.17) is 9.05 Å². The van der Waals surface area contributed by atoms with Gasteiger partial charge in [0, 0.05) is 0 Å². The van der Waals surface area contributed by atoms with Crippen LogP contribution in [0.2, 0.25) is 0 Å². The van der Waals surface area contributed by atoms with Crippen LogP contribution < -0.4 is 5.30 Å². The second kappa shape index (κ2) is 9.50. The third-order valence-corrected chi connectivity index (χ3v) is 3.74. The molecule has 0 heterocycles. The molecular formula is C10H14BrO3PZn. The molecule has 0 amide bonds. The van der Waals surface area contributed by atoms with Crippen LogP contribution in [0, 0.1) is 6.07 Å². The molecule has 0 aliphatic carbocycles. The molecule has 1 rings (SSSR count). The average molecular weight is 358 g/mol. The van der Waals surface area contributed by atoms with E-state index in [0.29, 0.717) is 18.5 Å². The molecule has 0 aliphatic heterocycles. The molecule has 1 aromatic carbocycles. The van der Waals surface area contributed by atoms with Crippen molar-refractivity contribution < 1.29 is 30.0 Å². The van der Waals surface area contributed by atoms with Crippen LogP contribution in [0.3, 0.4) is 0 Å². The first-order valence-electron chi connectivity index (χ1n) is 4.85. The van der Waals surface area contributed by atoms with Crippen molar-refractivity contribution in [3.63, 3.8) is 0 Å². The summed E-state index contributed by atoms with van der Waals surface area (Å²) in [5.41, 5.74) is 0. The van der Waals surface area contributed by atoms with Gasteiger partial charge in [-0.05, 0) is 19.2 Å². The summed E-state index contributed by atoms with van der Waals surface area (Å²) in [6.45, 7) is 4.33. The normalized spacial score (nSPS) is 10.6. The van der Waals surface area contributed by atoms with E-state index in [9.17, 15) is 4.57 Å². The number of halogens is 1. The van der Waals surface area contributed by atoms with E-state index in [1.807, 2.05) is 0 Å². The Kier molecular flexibility index (Phi) is 9.78. The summed E-state index contributed by atoms with van der Waals surface area (Å²) in [5.74, 6) is 0. The molecule has 0 aliphatic rings. The van der Waals surface area contributed by atoms with Gasteiger partial charge in [-0.3, -0.25) is 4.57 Å². The molecule has 16 heavy (non-hydrogen) atoms. The van der Waals surface area contributed by atoms with Gasteiger partial charge < -0.3 is 9.05 Å². The van der Waals surface area contributed by atoms with Gasteiger partial charge in [-0.25, -0.2) is 0 Å². The van der Waals surface area contributed by atoms with E-state index < -0.39 is 7.60 Å². The quantitative estimate of drug-likeness (QED) is 0.461. The van der Waals surface area contributed by atoms with Gasteiger partial charge in [-0.15, -0.1) is 0 Å². The molecule has 86 valence electrons. The van der Waals surface area contributed by atoms with Crippen molar-refractivity contribution in [2.24, 2.45) is 0 Å². The van der Waals surface area contributed by atoms with E-state index in [2.05, 4.69) is 19.7 Å². The van der Waals surface area contributed by atoms with E-state index in [-0.39, 0.29) is 0 Å². The minimum atomic E-state index is -3.09. The first-order chi connectivity index (χ1) is 7.73. The Morgan fingerprint density at radius 2 is 1.69 bits per heavy atom. The third kappa shape index (κ3) is 5.20. The van der Waals surface area contributed by atoms with Gasteiger partial charge in [0.05, 0.1) is 13.2 Å². The molecular weight excluding hydrogens is 344 g/mol. The average Bonchev–Trinajstić information content (AvgIpc) is 2.33. The Morgan fingerprint density at radius 1 is 1.25 bits per heavy atom. The van der Waals surface area contributed by atoms with Gasteiger partial charge in [0.25, 0.3) is 0 Å².